The van der Waals surface area contributed by atoms with Crippen LogP contribution < -0.4 is 14.7 Å². The largest absolute Gasteiger partial charge is 0.353 e. The van der Waals surface area contributed by atoms with Gasteiger partial charge >= 0.3 is 0 Å². The highest BCUT2D eigenvalue weighted by atomic mass is 32.1. The first kappa shape index (κ1) is 14.7. The van der Waals surface area contributed by atoms with Crippen molar-refractivity contribution in [1.29, 1.82) is 0 Å². The van der Waals surface area contributed by atoms with Gasteiger partial charge < -0.3 is 14.7 Å². The van der Waals surface area contributed by atoms with E-state index in [-0.39, 0.29) is 0 Å². The SMILES string of the molecule is Cc1cc(N2CCN(c3nccs3)CC2)nc(N2CCCC2)n1. The molecule has 0 aliphatic carbocycles. The Morgan fingerprint density at radius 1 is 0.913 bits per heavy atom. The second kappa shape index (κ2) is 6.31. The Morgan fingerprint density at radius 3 is 2.35 bits per heavy atom. The average molecular weight is 330 g/mol. The Hall–Kier alpha value is -1.89. The molecule has 2 aliphatic rings. The Balaban J connectivity index is 1.48. The standard InChI is InChI=1S/C16H22N6S/c1-13-12-14(19-15(18-13)21-5-2-3-6-21)20-7-9-22(10-8-20)16-17-4-11-23-16/h4,11-12H,2-3,5-10H2,1H3. The number of hydrogen-bond donors (Lipinski definition) is 0. The van der Waals surface area contributed by atoms with Crippen LogP contribution in [0.25, 0.3) is 0 Å². The molecule has 0 atom stereocenters. The first-order chi connectivity index (χ1) is 11.3. The molecule has 2 aromatic rings. The zero-order valence-corrected chi connectivity index (χ0v) is 14.3. The van der Waals surface area contributed by atoms with Gasteiger partial charge in [0.1, 0.15) is 5.82 Å². The van der Waals surface area contributed by atoms with Gasteiger partial charge in [-0.2, -0.15) is 4.98 Å². The summed E-state index contributed by atoms with van der Waals surface area (Å²) >= 11 is 1.71. The number of nitrogens with zero attached hydrogens (tertiary/aromatic N) is 6. The van der Waals surface area contributed by atoms with Crippen LogP contribution in [0.2, 0.25) is 0 Å². The second-order valence-corrected chi connectivity index (χ2v) is 7.02. The van der Waals surface area contributed by atoms with Crippen molar-refractivity contribution in [2.45, 2.75) is 19.8 Å². The predicted molar refractivity (Wildman–Crippen MR) is 94.8 cm³/mol. The molecule has 2 fully saturated rings. The third-order valence-corrected chi connectivity index (χ3v) is 5.34. The molecule has 2 saturated heterocycles. The van der Waals surface area contributed by atoms with Crippen molar-refractivity contribution < 1.29 is 0 Å². The van der Waals surface area contributed by atoms with E-state index in [9.17, 15) is 0 Å². The van der Waals surface area contributed by atoms with E-state index in [2.05, 4.69) is 37.7 Å². The quantitative estimate of drug-likeness (QED) is 0.860. The minimum absolute atomic E-state index is 0.903. The van der Waals surface area contributed by atoms with Crippen molar-refractivity contribution in [2.75, 3.05) is 54.0 Å². The predicted octanol–water partition coefficient (Wildman–Crippen LogP) is 2.17. The minimum Gasteiger partial charge on any atom is -0.353 e. The van der Waals surface area contributed by atoms with Gasteiger partial charge in [0, 0.05) is 62.6 Å². The Bertz CT molecular complexity index is 645. The summed E-state index contributed by atoms with van der Waals surface area (Å²) in [5.74, 6) is 1.97. The van der Waals surface area contributed by atoms with Crippen molar-refractivity contribution >= 4 is 28.2 Å². The van der Waals surface area contributed by atoms with E-state index in [4.69, 9.17) is 4.98 Å². The van der Waals surface area contributed by atoms with Crippen LogP contribution in [0.15, 0.2) is 17.6 Å². The molecule has 0 N–H and O–H groups in total. The first-order valence-corrected chi connectivity index (χ1v) is 9.17. The summed E-state index contributed by atoms with van der Waals surface area (Å²) in [6.45, 7) is 8.19. The van der Waals surface area contributed by atoms with Gasteiger partial charge in [-0.1, -0.05) is 0 Å². The van der Waals surface area contributed by atoms with E-state index in [1.54, 1.807) is 11.3 Å². The molecule has 2 aliphatic heterocycles. The van der Waals surface area contributed by atoms with E-state index in [1.165, 1.54) is 12.8 Å². The fourth-order valence-electron chi connectivity index (χ4n) is 3.26. The molecule has 6 nitrogen and oxygen atoms in total. The molecule has 0 amide bonds. The highest BCUT2D eigenvalue weighted by Gasteiger charge is 2.22. The molecule has 7 heteroatoms. The van der Waals surface area contributed by atoms with Crippen LogP contribution in [0.5, 0.6) is 0 Å². The molecule has 23 heavy (non-hydrogen) atoms. The summed E-state index contributed by atoms with van der Waals surface area (Å²) < 4.78 is 0. The smallest absolute Gasteiger partial charge is 0.227 e. The van der Waals surface area contributed by atoms with Crippen molar-refractivity contribution in [1.82, 2.24) is 15.0 Å². The molecule has 0 saturated carbocycles. The van der Waals surface area contributed by atoms with Gasteiger partial charge in [-0.3, -0.25) is 0 Å². The molecule has 4 heterocycles. The van der Waals surface area contributed by atoms with Gasteiger partial charge in [0.25, 0.3) is 0 Å². The van der Waals surface area contributed by atoms with E-state index in [1.807, 2.05) is 11.6 Å². The zero-order valence-electron chi connectivity index (χ0n) is 13.5. The fraction of sp³-hybridized carbons (Fsp3) is 0.562. The maximum Gasteiger partial charge on any atom is 0.227 e. The van der Waals surface area contributed by atoms with Crippen LogP contribution in [0.3, 0.4) is 0 Å². The average Bonchev–Trinajstić information content (AvgIpc) is 3.28. The minimum atomic E-state index is 0.903. The number of thiazole rings is 1. The number of piperazine rings is 1. The van der Waals surface area contributed by atoms with E-state index in [0.717, 1.165) is 61.9 Å². The number of aryl methyl sites for hydroxylation is 1. The van der Waals surface area contributed by atoms with E-state index >= 15 is 0 Å². The summed E-state index contributed by atoms with van der Waals surface area (Å²) in [4.78, 5) is 20.9. The van der Waals surface area contributed by atoms with Crippen molar-refractivity contribution in [3.05, 3.63) is 23.3 Å². The number of anilines is 3. The van der Waals surface area contributed by atoms with E-state index < -0.39 is 0 Å². The number of aromatic nitrogens is 3. The van der Waals surface area contributed by atoms with E-state index in [0.29, 0.717) is 0 Å². The lowest BCUT2D eigenvalue weighted by Gasteiger charge is -2.35. The van der Waals surface area contributed by atoms with Gasteiger partial charge in [-0.25, -0.2) is 9.97 Å². The Labute approximate surface area is 140 Å². The molecule has 0 bridgehead atoms. The van der Waals surface area contributed by atoms with Crippen LogP contribution in [0, 0.1) is 6.92 Å². The highest BCUT2D eigenvalue weighted by Crippen LogP contribution is 2.24. The van der Waals surface area contributed by atoms with Crippen molar-refractivity contribution in [2.24, 2.45) is 0 Å². The summed E-state index contributed by atoms with van der Waals surface area (Å²) in [6.07, 6.45) is 4.38. The van der Waals surface area contributed by atoms with Crippen molar-refractivity contribution in [3.8, 4) is 0 Å². The molecule has 4 rings (SSSR count). The lowest BCUT2D eigenvalue weighted by atomic mass is 10.3. The Kier molecular flexibility index (Phi) is 4.03. The Morgan fingerprint density at radius 2 is 1.65 bits per heavy atom. The highest BCUT2D eigenvalue weighted by molar-refractivity contribution is 7.13. The fourth-order valence-corrected chi connectivity index (χ4v) is 3.95. The summed E-state index contributed by atoms with van der Waals surface area (Å²) in [7, 11) is 0. The normalized spacial score (nSPS) is 18.7. The monoisotopic (exact) mass is 330 g/mol. The van der Waals surface area contributed by atoms with Crippen LogP contribution in [-0.2, 0) is 0 Å². The van der Waals surface area contributed by atoms with Crippen LogP contribution >= 0.6 is 11.3 Å². The molecule has 0 spiro atoms. The van der Waals surface area contributed by atoms with Crippen LogP contribution in [0.4, 0.5) is 16.9 Å². The number of rotatable bonds is 3. The molecule has 122 valence electrons. The molecule has 2 aromatic heterocycles. The molecule has 0 radical (unpaired) electrons. The van der Waals surface area contributed by atoms with Crippen LogP contribution in [0.1, 0.15) is 18.5 Å². The topological polar surface area (TPSA) is 48.4 Å². The number of hydrogen-bond acceptors (Lipinski definition) is 7. The second-order valence-electron chi connectivity index (χ2n) is 6.15. The summed E-state index contributed by atoms with van der Waals surface area (Å²) in [6, 6.07) is 2.11. The van der Waals surface area contributed by atoms with Gasteiger partial charge in [-0.15, -0.1) is 11.3 Å². The molecule has 0 unspecified atom stereocenters. The summed E-state index contributed by atoms with van der Waals surface area (Å²) in [5.41, 5.74) is 1.05. The molecule has 0 aromatic carbocycles. The molecular formula is C16H22N6S. The van der Waals surface area contributed by atoms with Gasteiger partial charge in [0.15, 0.2) is 5.13 Å². The maximum absolute atomic E-state index is 4.84. The zero-order chi connectivity index (χ0) is 15.6. The lowest BCUT2D eigenvalue weighted by molar-refractivity contribution is 0.644. The van der Waals surface area contributed by atoms with Gasteiger partial charge in [-0.05, 0) is 19.8 Å². The molecular weight excluding hydrogens is 308 g/mol. The third kappa shape index (κ3) is 3.10. The first-order valence-electron chi connectivity index (χ1n) is 8.29. The summed E-state index contributed by atoms with van der Waals surface area (Å²) in [5, 5.41) is 3.17. The van der Waals surface area contributed by atoms with Crippen LogP contribution in [-0.4, -0.2) is 54.2 Å². The lowest BCUT2D eigenvalue weighted by Crippen LogP contribution is -2.47. The third-order valence-electron chi connectivity index (χ3n) is 4.51. The van der Waals surface area contributed by atoms with Crippen molar-refractivity contribution in [3.63, 3.8) is 0 Å². The van der Waals surface area contributed by atoms with Gasteiger partial charge in [0.2, 0.25) is 5.95 Å². The maximum atomic E-state index is 4.84. The van der Waals surface area contributed by atoms with Gasteiger partial charge in [0.05, 0.1) is 0 Å².